The molecular weight excluding hydrogens is 314 g/mol. The number of aliphatic hydroxyl groups excluding tert-OH is 2. The van der Waals surface area contributed by atoms with Crippen molar-refractivity contribution in [3.05, 3.63) is 52.6 Å². The highest BCUT2D eigenvalue weighted by Gasteiger charge is 2.35. The van der Waals surface area contributed by atoms with Crippen molar-refractivity contribution < 1.29 is 19.7 Å². The molecule has 0 radical (unpaired) electrons. The van der Waals surface area contributed by atoms with Crippen LogP contribution in [0.5, 0.6) is 5.75 Å². The highest BCUT2D eigenvalue weighted by atomic mass is 16.5. The molecule has 1 aliphatic heterocycles. The highest BCUT2D eigenvalue weighted by molar-refractivity contribution is 5.43. The Bertz CT molecular complexity index is 749. The van der Waals surface area contributed by atoms with E-state index in [9.17, 15) is 9.90 Å². The van der Waals surface area contributed by atoms with Crippen molar-refractivity contribution in [3.63, 3.8) is 0 Å². The number of nitrogens with two attached hydrogens (primary N) is 1. The molecule has 2 aromatic rings. The van der Waals surface area contributed by atoms with E-state index < -0.39 is 24.1 Å². The molecule has 24 heavy (non-hydrogen) atoms. The Labute approximate surface area is 138 Å². The first kappa shape index (κ1) is 16.4. The average Bonchev–Trinajstić information content (AvgIpc) is 2.95. The van der Waals surface area contributed by atoms with E-state index in [-0.39, 0.29) is 31.2 Å². The van der Waals surface area contributed by atoms with E-state index in [0.717, 1.165) is 5.56 Å². The topological polar surface area (TPSA) is 120 Å². The fourth-order valence-electron chi connectivity index (χ4n) is 2.57. The van der Waals surface area contributed by atoms with Gasteiger partial charge >= 0.3 is 5.69 Å². The number of aromatic nitrogens is 2. The normalized spacial score (nSPS) is 23.3. The summed E-state index contributed by atoms with van der Waals surface area (Å²) in [6.07, 6.45) is -0.706. The van der Waals surface area contributed by atoms with E-state index in [1.165, 1.54) is 10.8 Å². The second kappa shape index (κ2) is 7.00. The van der Waals surface area contributed by atoms with Crippen LogP contribution in [0.4, 0.5) is 5.82 Å². The van der Waals surface area contributed by atoms with Crippen LogP contribution in [0.3, 0.4) is 0 Å². The lowest BCUT2D eigenvalue weighted by Gasteiger charge is -2.16. The maximum atomic E-state index is 12.0. The lowest BCUT2D eigenvalue weighted by atomic mass is 10.2. The molecule has 1 saturated heterocycles. The molecule has 1 aliphatic rings. The van der Waals surface area contributed by atoms with Crippen molar-refractivity contribution in [1.82, 2.24) is 9.55 Å². The van der Waals surface area contributed by atoms with Crippen LogP contribution in [-0.4, -0.2) is 38.6 Å². The Morgan fingerprint density at radius 2 is 2.12 bits per heavy atom. The zero-order valence-electron chi connectivity index (χ0n) is 12.9. The quantitative estimate of drug-likeness (QED) is 0.707. The van der Waals surface area contributed by atoms with E-state index in [2.05, 4.69) is 4.98 Å². The smallest absolute Gasteiger partial charge is 0.351 e. The first-order valence-corrected chi connectivity index (χ1v) is 7.58. The predicted octanol–water partition coefficient (Wildman–Crippen LogP) is 0.0452. The van der Waals surface area contributed by atoms with Gasteiger partial charge in [-0.2, -0.15) is 4.98 Å². The lowest BCUT2D eigenvalue weighted by Crippen LogP contribution is -2.28. The molecule has 0 spiro atoms. The summed E-state index contributed by atoms with van der Waals surface area (Å²) in [6, 6.07) is 9.50. The van der Waals surface area contributed by atoms with E-state index in [1.54, 1.807) is 0 Å². The molecule has 0 bridgehead atoms. The van der Waals surface area contributed by atoms with Gasteiger partial charge in [0.25, 0.3) is 0 Å². The van der Waals surface area contributed by atoms with Crippen LogP contribution >= 0.6 is 0 Å². The summed E-state index contributed by atoms with van der Waals surface area (Å²) in [6.45, 7) is -0.0511. The number of anilines is 1. The molecule has 1 fully saturated rings. The van der Waals surface area contributed by atoms with E-state index in [4.69, 9.17) is 20.3 Å². The number of ether oxygens (including phenoxy) is 2. The van der Waals surface area contributed by atoms with Crippen LogP contribution in [0.2, 0.25) is 0 Å². The van der Waals surface area contributed by atoms with Crippen LogP contribution < -0.4 is 16.2 Å². The number of aliphatic hydroxyl groups is 2. The van der Waals surface area contributed by atoms with Gasteiger partial charge in [-0.25, -0.2) is 4.79 Å². The molecular formula is C16H19N3O5. The standard InChI is InChI=1S/C16H19N3O5/c17-15-12(23-9-10-4-2-1-3-5-10)7-19(16(22)18-15)14-6-11(21)13(8-20)24-14/h1-5,7,11,13-14,20-21H,6,8-9H2,(H2,17,18,22)/t11-,13+,14-/m1/s1. The fraction of sp³-hybridized carbons (Fsp3) is 0.375. The van der Waals surface area contributed by atoms with Gasteiger partial charge in [0.05, 0.1) is 18.9 Å². The fourth-order valence-corrected chi connectivity index (χ4v) is 2.57. The molecule has 0 amide bonds. The van der Waals surface area contributed by atoms with Crippen molar-refractivity contribution in [1.29, 1.82) is 0 Å². The van der Waals surface area contributed by atoms with E-state index >= 15 is 0 Å². The van der Waals surface area contributed by atoms with Crippen molar-refractivity contribution >= 4 is 5.82 Å². The molecule has 0 saturated carbocycles. The summed E-state index contributed by atoms with van der Waals surface area (Å²) in [5.41, 5.74) is 6.10. The molecule has 3 rings (SSSR count). The SMILES string of the molecule is Nc1nc(=O)n([C@H]2C[C@@H](O)[C@H](CO)O2)cc1OCc1ccccc1. The van der Waals surface area contributed by atoms with E-state index in [1.807, 2.05) is 30.3 Å². The second-order valence-corrected chi connectivity index (χ2v) is 5.57. The monoisotopic (exact) mass is 333 g/mol. The van der Waals surface area contributed by atoms with Gasteiger partial charge in [-0.3, -0.25) is 4.57 Å². The molecule has 0 unspecified atom stereocenters. The van der Waals surface area contributed by atoms with Gasteiger partial charge in [0, 0.05) is 6.42 Å². The summed E-state index contributed by atoms with van der Waals surface area (Å²) < 4.78 is 12.3. The minimum absolute atomic E-state index is 0.00978. The zero-order valence-corrected chi connectivity index (χ0v) is 12.9. The van der Waals surface area contributed by atoms with Crippen LogP contribution in [0.15, 0.2) is 41.3 Å². The molecule has 1 aromatic carbocycles. The van der Waals surface area contributed by atoms with Crippen molar-refractivity contribution in [2.45, 2.75) is 31.5 Å². The maximum Gasteiger partial charge on any atom is 0.351 e. The number of nitrogen functional groups attached to an aromatic ring is 1. The minimum atomic E-state index is -0.849. The molecule has 8 heteroatoms. The molecule has 0 aliphatic carbocycles. The Morgan fingerprint density at radius 1 is 1.38 bits per heavy atom. The maximum absolute atomic E-state index is 12.0. The molecule has 2 heterocycles. The molecule has 128 valence electrons. The number of benzene rings is 1. The second-order valence-electron chi connectivity index (χ2n) is 5.57. The largest absolute Gasteiger partial charge is 0.483 e. The zero-order chi connectivity index (χ0) is 17.1. The first-order valence-electron chi connectivity index (χ1n) is 7.58. The molecule has 1 aromatic heterocycles. The number of hydrogen-bond acceptors (Lipinski definition) is 7. The summed E-state index contributed by atoms with van der Waals surface area (Å²) in [5, 5.41) is 19.0. The summed E-state index contributed by atoms with van der Waals surface area (Å²) >= 11 is 0. The van der Waals surface area contributed by atoms with Crippen molar-refractivity contribution in [3.8, 4) is 5.75 Å². The lowest BCUT2D eigenvalue weighted by molar-refractivity contribution is -0.0460. The molecule has 8 nitrogen and oxygen atoms in total. The van der Waals surface area contributed by atoms with Crippen LogP contribution in [-0.2, 0) is 11.3 Å². The summed E-state index contributed by atoms with van der Waals surface area (Å²) in [5.74, 6) is 0.244. The Hall–Kier alpha value is -2.42. The summed E-state index contributed by atoms with van der Waals surface area (Å²) in [7, 11) is 0. The van der Waals surface area contributed by atoms with Gasteiger partial charge in [-0.05, 0) is 5.56 Å². The number of rotatable bonds is 5. The highest BCUT2D eigenvalue weighted by Crippen LogP contribution is 2.29. The summed E-state index contributed by atoms with van der Waals surface area (Å²) in [4.78, 5) is 15.8. The third-order valence-corrected chi connectivity index (χ3v) is 3.88. The van der Waals surface area contributed by atoms with E-state index in [0.29, 0.717) is 0 Å². The first-order chi connectivity index (χ1) is 11.6. The van der Waals surface area contributed by atoms with Crippen molar-refractivity contribution in [2.75, 3.05) is 12.3 Å². The average molecular weight is 333 g/mol. The van der Waals surface area contributed by atoms with Crippen LogP contribution in [0.25, 0.3) is 0 Å². The molecule has 3 atom stereocenters. The molecule has 4 N–H and O–H groups in total. The van der Waals surface area contributed by atoms with Gasteiger partial charge < -0.3 is 25.4 Å². The third-order valence-electron chi connectivity index (χ3n) is 3.88. The van der Waals surface area contributed by atoms with Gasteiger partial charge in [0.1, 0.15) is 18.9 Å². The Kier molecular flexibility index (Phi) is 4.79. The van der Waals surface area contributed by atoms with Crippen LogP contribution in [0, 0.1) is 0 Å². The Morgan fingerprint density at radius 3 is 2.79 bits per heavy atom. The third kappa shape index (κ3) is 3.40. The number of nitrogens with zero attached hydrogens (tertiary/aromatic N) is 2. The van der Waals surface area contributed by atoms with Gasteiger partial charge in [-0.1, -0.05) is 30.3 Å². The number of hydrogen-bond donors (Lipinski definition) is 3. The van der Waals surface area contributed by atoms with Gasteiger partial charge in [0.15, 0.2) is 11.6 Å². The van der Waals surface area contributed by atoms with Gasteiger partial charge in [0.2, 0.25) is 0 Å². The predicted molar refractivity (Wildman–Crippen MR) is 85.3 cm³/mol. The Balaban J connectivity index is 1.80. The van der Waals surface area contributed by atoms with Crippen LogP contribution in [0.1, 0.15) is 18.2 Å². The van der Waals surface area contributed by atoms with Gasteiger partial charge in [-0.15, -0.1) is 0 Å². The van der Waals surface area contributed by atoms with Crippen molar-refractivity contribution in [2.24, 2.45) is 0 Å². The minimum Gasteiger partial charge on any atom is -0.483 e.